The van der Waals surface area contributed by atoms with Crippen molar-refractivity contribution in [3.8, 4) is 0 Å². The van der Waals surface area contributed by atoms with Crippen LogP contribution in [-0.4, -0.2) is 19.1 Å². The van der Waals surface area contributed by atoms with Crippen LogP contribution in [0.5, 0.6) is 0 Å². The average molecular weight is 327 g/mol. The first kappa shape index (κ1) is 16.5. The van der Waals surface area contributed by atoms with Crippen molar-refractivity contribution in [2.75, 3.05) is 18.0 Å². The zero-order chi connectivity index (χ0) is 14.3. The van der Waals surface area contributed by atoms with E-state index in [2.05, 4.69) is 72.0 Å². The van der Waals surface area contributed by atoms with Crippen molar-refractivity contribution in [2.24, 2.45) is 0 Å². The number of nitrogens with one attached hydrogen (secondary N) is 1. The maximum absolute atomic E-state index is 3.59. The first-order chi connectivity index (χ1) is 9.08. The highest BCUT2D eigenvalue weighted by Crippen LogP contribution is 2.25. The summed E-state index contributed by atoms with van der Waals surface area (Å²) >= 11 is 3.59. The van der Waals surface area contributed by atoms with Gasteiger partial charge >= 0.3 is 0 Å². The van der Waals surface area contributed by atoms with E-state index in [-0.39, 0.29) is 0 Å². The van der Waals surface area contributed by atoms with E-state index in [0.29, 0.717) is 6.04 Å². The molecule has 19 heavy (non-hydrogen) atoms. The van der Waals surface area contributed by atoms with E-state index >= 15 is 0 Å². The molecule has 0 aliphatic heterocycles. The minimum absolute atomic E-state index is 0.516. The van der Waals surface area contributed by atoms with E-state index in [1.165, 1.54) is 24.1 Å². The second-order valence-electron chi connectivity index (χ2n) is 5.24. The summed E-state index contributed by atoms with van der Waals surface area (Å²) in [4.78, 5) is 2.48. The van der Waals surface area contributed by atoms with E-state index in [4.69, 9.17) is 0 Å². The molecule has 0 atom stereocenters. The van der Waals surface area contributed by atoms with Crippen molar-refractivity contribution in [3.05, 3.63) is 28.2 Å². The summed E-state index contributed by atoms with van der Waals surface area (Å²) in [6.07, 6.45) is 2.49. The highest BCUT2D eigenvalue weighted by Gasteiger charge is 2.10. The standard InChI is InChI=1S/C16H27BrN2/c1-5-7-10-19(6-2)16-11-15(17)9-8-14(16)12-18-13(3)4/h8-9,11,13,18H,5-7,10,12H2,1-4H3. The van der Waals surface area contributed by atoms with Crippen LogP contribution in [0, 0.1) is 0 Å². The first-order valence-electron chi connectivity index (χ1n) is 7.35. The van der Waals surface area contributed by atoms with Crippen LogP contribution >= 0.6 is 15.9 Å². The molecule has 0 aliphatic rings. The maximum Gasteiger partial charge on any atom is 0.0423 e. The van der Waals surface area contributed by atoms with Gasteiger partial charge in [0.25, 0.3) is 0 Å². The predicted molar refractivity (Wildman–Crippen MR) is 88.9 cm³/mol. The van der Waals surface area contributed by atoms with Crippen molar-refractivity contribution in [1.29, 1.82) is 0 Å². The van der Waals surface area contributed by atoms with Crippen LogP contribution in [0.1, 0.15) is 46.1 Å². The largest absolute Gasteiger partial charge is 0.372 e. The van der Waals surface area contributed by atoms with Gasteiger partial charge in [-0.25, -0.2) is 0 Å². The van der Waals surface area contributed by atoms with Crippen LogP contribution in [0.25, 0.3) is 0 Å². The van der Waals surface area contributed by atoms with Crippen LogP contribution in [0.4, 0.5) is 5.69 Å². The van der Waals surface area contributed by atoms with Gasteiger partial charge in [-0.2, -0.15) is 0 Å². The van der Waals surface area contributed by atoms with Gasteiger partial charge in [0.05, 0.1) is 0 Å². The molecule has 1 aromatic carbocycles. The summed E-state index contributed by atoms with van der Waals surface area (Å²) in [5.41, 5.74) is 2.74. The third-order valence-electron chi connectivity index (χ3n) is 3.25. The molecule has 0 radical (unpaired) electrons. The summed E-state index contributed by atoms with van der Waals surface area (Å²) < 4.78 is 1.16. The molecule has 0 amide bonds. The molecule has 0 saturated carbocycles. The van der Waals surface area contributed by atoms with Crippen molar-refractivity contribution >= 4 is 21.6 Å². The van der Waals surface area contributed by atoms with E-state index in [9.17, 15) is 0 Å². The molecule has 108 valence electrons. The van der Waals surface area contributed by atoms with Gasteiger partial charge in [-0.3, -0.25) is 0 Å². The van der Waals surface area contributed by atoms with Gasteiger partial charge in [-0.15, -0.1) is 0 Å². The van der Waals surface area contributed by atoms with Crippen LogP contribution in [0.3, 0.4) is 0 Å². The number of hydrogen-bond acceptors (Lipinski definition) is 2. The Labute approximate surface area is 126 Å². The number of benzene rings is 1. The summed E-state index contributed by atoms with van der Waals surface area (Å²) in [7, 11) is 0. The summed E-state index contributed by atoms with van der Waals surface area (Å²) in [5, 5.41) is 3.51. The number of rotatable bonds is 8. The molecule has 1 rings (SSSR count). The van der Waals surface area contributed by atoms with E-state index in [0.717, 1.165) is 24.1 Å². The lowest BCUT2D eigenvalue weighted by Gasteiger charge is -2.26. The minimum Gasteiger partial charge on any atom is -0.372 e. The fraction of sp³-hybridized carbons (Fsp3) is 0.625. The molecular formula is C16H27BrN2. The molecule has 0 heterocycles. The van der Waals surface area contributed by atoms with Crippen molar-refractivity contribution in [3.63, 3.8) is 0 Å². The summed E-state index contributed by atoms with van der Waals surface area (Å²) in [6.45, 7) is 12.0. The Kier molecular flexibility index (Phi) is 7.47. The first-order valence-corrected chi connectivity index (χ1v) is 8.14. The lowest BCUT2D eigenvalue weighted by molar-refractivity contribution is 0.587. The number of hydrogen-bond donors (Lipinski definition) is 1. The third-order valence-corrected chi connectivity index (χ3v) is 3.75. The Bertz CT molecular complexity index is 377. The van der Waals surface area contributed by atoms with Gasteiger partial charge < -0.3 is 10.2 Å². The monoisotopic (exact) mass is 326 g/mol. The SMILES string of the molecule is CCCCN(CC)c1cc(Br)ccc1CNC(C)C. The second kappa shape index (κ2) is 8.60. The molecule has 0 aliphatic carbocycles. The van der Waals surface area contributed by atoms with Crippen molar-refractivity contribution in [2.45, 2.75) is 53.1 Å². The smallest absolute Gasteiger partial charge is 0.0423 e. The fourth-order valence-corrected chi connectivity index (χ4v) is 2.44. The molecule has 0 fully saturated rings. The molecule has 0 bridgehead atoms. The fourth-order valence-electron chi connectivity index (χ4n) is 2.09. The zero-order valence-corrected chi connectivity index (χ0v) is 14.3. The Balaban J connectivity index is 2.90. The molecule has 1 N–H and O–H groups in total. The number of unbranched alkanes of at least 4 members (excludes halogenated alkanes) is 1. The van der Waals surface area contributed by atoms with Gasteiger partial charge in [0, 0.05) is 35.8 Å². The maximum atomic E-state index is 3.59. The van der Waals surface area contributed by atoms with Crippen LogP contribution in [-0.2, 0) is 6.54 Å². The average Bonchev–Trinajstić information content (AvgIpc) is 2.38. The summed E-state index contributed by atoms with van der Waals surface area (Å²) in [5.74, 6) is 0. The normalized spacial score (nSPS) is 11.1. The Morgan fingerprint density at radius 2 is 2.00 bits per heavy atom. The van der Waals surface area contributed by atoms with E-state index in [1.807, 2.05) is 0 Å². The Hall–Kier alpha value is -0.540. The van der Waals surface area contributed by atoms with Crippen LogP contribution < -0.4 is 10.2 Å². The lowest BCUT2D eigenvalue weighted by atomic mass is 10.1. The highest BCUT2D eigenvalue weighted by molar-refractivity contribution is 9.10. The number of nitrogens with zero attached hydrogens (tertiary/aromatic N) is 1. The van der Waals surface area contributed by atoms with Gasteiger partial charge in [0.2, 0.25) is 0 Å². The second-order valence-corrected chi connectivity index (χ2v) is 6.16. The molecule has 2 nitrogen and oxygen atoms in total. The lowest BCUT2D eigenvalue weighted by Crippen LogP contribution is -2.27. The quantitative estimate of drug-likeness (QED) is 0.752. The van der Waals surface area contributed by atoms with Gasteiger partial charge in [0.1, 0.15) is 0 Å². The van der Waals surface area contributed by atoms with E-state index < -0.39 is 0 Å². The van der Waals surface area contributed by atoms with E-state index in [1.54, 1.807) is 0 Å². The molecular weight excluding hydrogens is 300 g/mol. The van der Waals surface area contributed by atoms with Gasteiger partial charge in [-0.05, 0) is 31.0 Å². The van der Waals surface area contributed by atoms with Gasteiger partial charge in [-0.1, -0.05) is 49.2 Å². The highest BCUT2D eigenvalue weighted by atomic mass is 79.9. The van der Waals surface area contributed by atoms with Crippen LogP contribution in [0.2, 0.25) is 0 Å². The van der Waals surface area contributed by atoms with Crippen molar-refractivity contribution in [1.82, 2.24) is 5.32 Å². The Morgan fingerprint density at radius 1 is 1.26 bits per heavy atom. The van der Waals surface area contributed by atoms with Crippen molar-refractivity contribution < 1.29 is 0 Å². The molecule has 0 aromatic heterocycles. The number of halogens is 1. The zero-order valence-electron chi connectivity index (χ0n) is 12.7. The molecule has 3 heteroatoms. The molecule has 0 saturated heterocycles. The third kappa shape index (κ3) is 5.53. The predicted octanol–water partition coefficient (Wildman–Crippen LogP) is 4.57. The van der Waals surface area contributed by atoms with Crippen LogP contribution in [0.15, 0.2) is 22.7 Å². The van der Waals surface area contributed by atoms with Gasteiger partial charge in [0.15, 0.2) is 0 Å². The Morgan fingerprint density at radius 3 is 2.58 bits per heavy atom. The molecule has 0 unspecified atom stereocenters. The number of anilines is 1. The minimum atomic E-state index is 0.516. The summed E-state index contributed by atoms with van der Waals surface area (Å²) in [6, 6.07) is 7.12. The topological polar surface area (TPSA) is 15.3 Å². The molecule has 0 spiro atoms. The molecule has 1 aromatic rings.